The summed E-state index contributed by atoms with van der Waals surface area (Å²) in [4.78, 5) is 4.31. The van der Waals surface area contributed by atoms with Crippen LogP contribution in [0.1, 0.15) is 11.3 Å². The van der Waals surface area contributed by atoms with Crippen molar-refractivity contribution in [1.29, 1.82) is 0 Å². The predicted octanol–water partition coefficient (Wildman–Crippen LogP) is 3.16. The highest BCUT2D eigenvalue weighted by atomic mass is 16.5. The number of methoxy groups -OCH3 is 2. The third-order valence-electron chi connectivity index (χ3n) is 2.72. The molecule has 0 unspecified atom stereocenters. The predicted molar refractivity (Wildman–Crippen MR) is 71.9 cm³/mol. The van der Waals surface area contributed by atoms with E-state index in [0.29, 0.717) is 0 Å². The first-order valence-electron chi connectivity index (χ1n) is 5.58. The fourth-order valence-corrected chi connectivity index (χ4v) is 1.62. The molecule has 0 bridgehead atoms. The largest absolute Gasteiger partial charge is 0.497 e. The van der Waals surface area contributed by atoms with Gasteiger partial charge in [-0.3, -0.25) is 4.98 Å². The molecule has 1 aromatic carbocycles. The van der Waals surface area contributed by atoms with E-state index in [4.69, 9.17) is 9.47 Å². The Morgan fingerprint density at radius 3 is 2.06 bits per heavy atom. The summed E-state index contributed by atoms with van der Waals surface area (Å²) < 4.78 is 10.2. The Kier molecular flexibility index (Phi) is 3.63. The maximum atomic E-state index is 5.12. The van der Waals surface area contributed by atoms with Crippen LogP contribution in [0.4, 0.5) is 0 Å². The highest BCUT2D eigenvalue weighted by molar-refractivity contribution is 5.76. The molecule has 0 aliphatic heterocycles. The molecule has 0 fully saturated rings. The summed E-state index contributed by atoms with van der Waals surface area (Å²) in [6.07, 6.45) is 1.68. The topological polar surface area (TPSA) is 31.4 Å². The second-order valence-corrected chi connectivity index (χ2v) is 3.79. The molecule has 0 spiro atoms. The summed E-state index contributed by atoms with van der Waals surface area (Å²) >= 11 is 0. The van der Waals surface area contributed by atoms with Crippen molar-refractivity contribution >= 4 is 5.57 Å². The maximum absolute atomic E-state index is 5.12. The summed E-state index contributed by atoms with van der Waals surface area (Å²) in [5.74, 6) is 1.57. The first-order chi connectivity index (χ1) is 8.74. The Morgan fingerprint density at radius 2 is 1.56 bits per heavy atom. The molecule has 0 aliphatic carbocycles. The molecule has 18 heavy (non-hydrogen) atoms. The van der Waals surface area contributed by atoms with Crippen molar-refractivity contribution in [1.82, 2.24) is 4.98 Å². The van der Waals surface area contributed by atoms with E-state index in [1.807, 2.05) is 36.4 Å². The molecule has 0 saturated heterocycles. The molecule has 1 aromatic heterocycles. The van der Waals surface area contributed by atoms with Gasteiger partial charge in [-0.15, -0.1) is 0 Å². The highest BCUT2D eigenvalue weighted by Crippen LogP contribution is 2.23. The van der Waals surface area contributed by atoms with E-state index in [-0.39, 0.29) is 0 Å². The first kappa shape index (κ1) is 12.2. The van der Waals surface area contributed by atoms with Gasteiger partial charge in [-0.1, -0.05) is 18.7 Å². The van der Waals surface area contributed by atoms with Crippen molar-refractivity contribution in [3.05, 3.63) is 60.4 Å². The number of pyridine rings is 1. The van der Waals surface area contributed by atoms with Crippen LogP contribution in [-0.4, -0.2) is 19.2 Å². The van der Waals surface area contributed by atoms with Gasteiger partial charge in [-0.25, -0.2) is 0 Å². The van der Waals surface area contributed by atoms with Gasteiger partial charge >= 0.3 is 0 Å². The normalized spacial score (nSPS) is 9.89. The standard InChI is InChI=1S/C15H15NO2/c1-11(12-4-6-13(17-2)7-5-12)15-9-8-14(18-3)10-16-15/h4-10H,1H2,2-3H3. The summed E-state index contributed by atoms with van der Waals surface area (Å²) in [7, 11) is 3.27. The van der Waals surface area contributed by atoms with Crippen LogP contribution < -0.4 is 9.47 Å². The van der Waals surface area contributed by atoms with Crippen molar-refractivity contribution in [2.75, 3.05) is 14.2 Å². The molecule has 2 aromatic rings. The summed E-state index contributed by atoms with van der Waals surface area (Å²) in [6.45, 7) is 4.06. The van der Waals surface area contributed by atoms with Crippen LogP contribution in [0.2, 0.25) is 0 Å². The van der Waals surface area contributed by atoms with Gasteiger partial charge in [0.2, 0.25) is 0 Å². The Labute approximate surface area is 107 Å². The Balaban J connectivity index is 2.23. The third-order valence-corrected chi connectivity index (χ3v) is 2.72. The number of benzene rings is 1. The van der Waals surface area contributed by atoms with E-state index in [9.17, 15) is 0 Å². The van der Waals surface area contributed by atoms with Gasteiger partial charge in [-0.2, -0.15) is 0 Å². The average Bonchev–Trinajstić information content (AvgIpc) is 2.47. The highest BCUT2D eigenvalue weighted by Gasteiger charge is 2.04. The molecule has 0 atom stereocenters. The van der Waals surface area contributed by atoms with E-state index < -0.39 is 0 Å². The van der Waals surface area contributed by atoms with Gasteiger partial charge in [0.25, 0.3) is 0 Å². The van der Waals surface area contributed by atoms with E-state index in [1.165, 1.54) is 0 Å². The number of rotatable bonds is 4. The lowest BCUT2D eigenvalue weighted by Crippen LogP contribution is -1.92. The van der Waals surface area contributed by atoms with Gasteiger partial charge in [-0.05, 0) is 29.8 Å². The smallest absolute Gasteiger partial charge is 0.137 e. The van der Waals surface area contributed by atoms with E-state index in [0.717, 1.165) is 28.3 Å². The average molecular weight is 241 g/mol. The molecule has 0 N–H and O–H groups in total. The van der Waals surface area contributed by atoms with Gasteiger partial charge in [0.1, 0.15) is 11.5 Å². The second-order valence-electron chi connectivity index (χ2n) is 3.79. The van der Waals surface area contributed by atoms with Crippen molar-refractivity contribution in [2.24, 2.45) is 0 Å². The zero-order valence-electron chi connectivity index (χ0n) is 10.5. The summed E-state index contributed by atoms with van der Waals surface area (Å²) in [5.41, 5.74) is 2.73. The number of hydrogen-bond donors (Lipinski definition) is 0. The van der Waals surface area contributed by atoms with Gasteiger partial charge in [0.15, 0.2) is 0 Å². The second kappa shape index (κ2) is 5.36. The fraction of sp³-hybridized carbons (Fsp3) is 0.133. The number of aromatic nitrogens is 1. The van der Waals surface area contributed by atoms with Gasteiger partial charge in [0, 0.05) is 5.57 Å². The lowest BCUT2D eigenvalue weighted by atomic mass is 10.0. The molecule has 0 radical (unpaired) electrons. The third kappa shape index (κ3) is 2.51. The van der Waals surface area contributed by atoms with Crippen LogP contribution in [0.15, 0.2) is 49.2 Å². The number of hydrogen-bond acceptors (Lipinski definition) is 3. The lowest BCUT2D eigenvalue weighted by Gasteiger charge is -2.07. The van der Waals surface area contributed by atoms with E-state index in [1.54, 1.807) is 20.4 Å². The molecule has 92 valence electrons. The Bertz CT molecular complexity index is 480. The minimum Gasteiger partial charge on any atom is -0.497 e. The number of nitrogens with zero attached hydrogens (tertiary/aromatic N) is 1. The quantitative estimate of drug-likeness (QED) is 0.824. The van der Waals surface area contributed by atoms with Crippen molar-refractivity contribution < 1.29 is 9.47 Å². The molecule has 0 saturated carbocycles. The first-order valence-corrected chi connectivity index (χ1v) is 5.58. The molecule has 3 nitrogen and oxygen atoms in total. The Hall–Kier alpha value is -2.29. The minimum atomic E-state index is 0.737. The van der Waals surface area contributed by atoms with E-state index in [2.05, 4.69) is 11.6 Å². The molecule has 0 aliphatic rings. The molecule has 1 heterocycles. The van der Waals surface area contributed by atoms with Crippen molar-refractivity contribution in [3.63, 3.8) is 0 Å². The van der Waals surface area contributed by atoms with Crippen LogP contribution in [0.3, 0.4) is 0 Å². The fourth-order valence-electron chi connectivity index (χ4n) is 1.62. The van der Waals surface area contributed by atoms with Crippen molar-refractivity contribution in [3.8, 4) is 11.5 Å². The van der Waals surface area contributed by atoms with Crippen LogP contribution in [0.25, 0.3) is 5.57 Å². The van der Waals surface area contributed by atoms with Crippen LogP contribution in [0, 0.1) is 0 Å². The Morgan fingerprint density at radius 1 is 0.944 bits per heavy atom. The van der Waals surface area contributed by atoms with Crippen LogP contribution in [0.5, 0.6) is 11.5 Å². The van der Waals surface area contributed by atoms with E-state index >= 15 is 0 Å². The minimum absolute atomic E-state index is 0.737. The SMILES string of the molecule is C=C(c1ccc(OC)cc1)c1ccc(OC)cn1. The van der Waals surface area contributed by atoms with Crippen LogP contribution in [-0.2, 0) is 0 Å². The molecular formula is C15H15NO2. The van der Waals surface area contributed by atoms with Gasteiger partial charge in [0.05, 0.1) is 26.1 Å². The summed E-state index contributed by atoms with van der Waals surface area (Å²) in [6, 6.07) is 11.5. The summed E-state index contributed by atoms with van der Waals surface area (Å²) in [5, 5.41) is 0. The lowest BCUT2D eigenvalue weighted by molar-refractivity contribution is 0.413. The zero-order chi connectivity index (χ0) is 13.0. The zero-order valence-corrected chi connectivity index (χ0v) is 10.5. The van der Waals surface area contributed by atoms with Crippen LogP contribution >= 0.6 is 0 Å². The number of ether oxygens (including phenoxy) is 2. The maximum Gasteiger partial charge on any atom is 0.137 e. The van der Waals surface area contributed by atoms with Crippen molar-refractivity contribution in [2.45, 2.75) is 0 Å². The molecular weight excluding hydrogens is 226 g/mol. The van der Waals surface area contributed by atoms with Gasteiger partial charge < -0.3 is 9.47 Å². The molecule has 0 amide bonds. The monoisotopic (exact) mass is 241 g/mol. The molecule has 2 rings (SSSR count). The molecule has 3 heteroatoms.